The van der Waals surface area contributed by atoms with Crippen molar-refractivity contribution in [3.63, 3.8) is 0 Å². The molecule has 0 heterocycles. The third-order valence-electron chi connectivity index (χ3n) is 6.84. The van der Waals surface area contributed by atoms with Crippen LogP contribution in [-0.4, -0.2) is 54.5 Å². The molecule has 0 aliphatic heterocycles. The van der Waals surface area contributed by atoms with Gasteiger partial charge in [0.1, 0.15) is 0 Å². The second-order valence-corrected chi connectivity index (χ2v) is 22.7. The smallest absolute Gasteiger partial charge is 0.310 e. The lowest BCUT2D eigenvalue weighted by atomic mass is 10.0. The Morgan fingerprint density at radius 2 is 1.04 bits per heavy atom. The van der Waals surface area contributed by atoms with Gasteiger partial charge in [0.25, 0.3) is 0 Å². The monoisotopic (exact) mass is 941 g/mol. The van der Waals surface area contributed by atoms with E-state index in [1.807, 2.05) is 34.8 Å². The third-order valence-corrected chi connectivity index (χ3v) is 15.1. The minimum absolute atomic E-state index is 0.197. The molecule has 1 aromatic rings. The number of nitrogens with one attached hydrogen (secondary N) is 3. The molecule has 4 rings (SSSR count). The van der Waals surface area contributed by atoms with Gasteiger partial charge < -0.3 is 44.0 Å². The Kier molecular flexibility index (Phi) is 21.6. The van der Waals surface area contributed by atoms with Gasteiger partial charge >= 0.3 is 46.7 Å². The highest BCUT2D eigenvalue weighted by molar-refractivity contribution is 8.02. The first kappa shape index (κ1) is 50.1. The van der Waals surface area contributed by atoms with Crippen LogP contribution in [-0.2, 0) is 61.2 Å². The van der Waals surface area contributed by atoms with Crippen molar-refractivity contribution in [1.82, 2.24) is 13.5 Å². The van der Waals surface area contributed by atoms with E-state index in [2.05, 4.69) is 37.0 Å². The number of hydrogen-bond acceptors (Lipinski definition) is 15. The van der Waals surface area contributed by atoms with E-state index in [0.29, 0.717) is 17.6 Å². The maximum atomic E-state index is 11.4. The van der Waals surface area contributed by atoms with Gasteiger partial charge in [-0.25, -0.2) is 27.4 Å². The molecule has 0 amide bonds. The lowest BCUT2D eigenvalue weighted by Crippen LogP contribution is -2.17. The first-order chi connectivity index (χ1) is 24.3. The molecule has 6 atom stereocenters. The van der Waals surface area contributed by atoms with E-state index in [0.717, 1.165) is 92.8 Å². The number of hydrogen-bond donors (Lipinski definition) is 12. The highest BCUT2D eigenvalue weighted by Gasteiger charge is 2.41. The van der Waals surface area contributed by atoms with E-state index in [1.54, 1.807) is 0 Å². The average Bonchev–Trinajstić information content (AvgIpc) is 3.69. The molecule has 0 aromatic heterocycles. The summed E-state index contributed by atoms with van der Waals surface area (Å²) in [5.74, 6) is 1.60. The minimum Gasteiger partial charge on any atom is -0.310 e. The molecule has 3 saturated carbocycles. The first-order valence-corrected chi connectivity index (χ1v) is 27.0. The maximum Gasteiger partial charge on any atom is 0.497 e. The molecule has 2 bridgehead atoms. The van der Waals surface area contributed by atoms with Crippen LogP contribution in [0, 0.1) is 11.8 Å². The Balaban J connectivity index is 0.000000275. The third kappa shape index (κ3) is 25.1. The highest BCUT2D eigenvalue weighted by atomic mass is 32.2. The molecule has 3 aliphatic rings. The Bertz CT molecular complexity index is 1550. The van der Waals surface area contributed by atoms with Crippen molar-refractivity contribution < 1.29 is 99.5 Å². The fourth-order valence-corrected chi connectivity index (χ4v) is 12.2. The van der Waals surface area contributed by atoms with Gasteiger partial charge in [0.15, 0.2) is 0 Å². The molecule has 0 saturated heterocycles. The molecular formula is C20H41N3O21P6S3. The summed E-state index contributed by atoms with van der Waals surface area (Å²) in [5.41, 5.74) is 0.894. The number of fused-ring (bicyclic) bond motifs is 2. The van der Waals surface area contributed by atoms with Crippen LogP contribution in [0.15, 0.2) is 30.3 Å². The van der Waals surface area contributed by atoms with Gasteiger partial charge in [-0.2, -0.15) is 13.5 Å². The Morgan fingerprint density at radius 3 is 1.47 bits per heavy atom. The summed E-state index contributed by atoms with van der Waals surface area (Å²) in [4.78, 5) is 77.3. The fourth-order valence-electron chi connectivity index (χ4n) is 4.87. The highest BCUT2D eigenvalue weighted by Crippen LogP contribution is 2.53. The van der Waals surface area contributed by atoms with E-state index in [1.165, 1.54) is 6.42 Å². The van der Waals surface area contributed by atoms with Crippen molar-refractivity contribution in [2.45, 2.75) is 74.0 Å². The van der Waals surface area contributed by atoms with Crippen LogP contribution in [0.2, 0.25) is 0 Å². The zero-order chi connectivity index (χ0) is 40.0. The van der Waals surface area contributed by atoms with Crippen molar-refractivity contribution in [3.8, 4) is 0 Å². The van der Waals surface area contributed by atoms with Crippen LogP contribution >= 0.6 is 82.6 Å². The van der Waals surface area contributed by atoms with Crippen molar-refractivity contribution in [3.05, 3.63) is 35.9 Å². The summed E-state index contributed by atoms with van der Waals surface area (Å²) in [5, 5.41) is 0.436. The predicted octanol–water partition coefficient (Wildman–Crippen LogP) is 4.82. The lowest BCUT2D eigenvalue weighted by molar-refractivity contribution is -0.131. The Morgan fingerprint density at radius 1 is 0.566 bits per heavy atom. The SMILES string of the molecule is O=P(O)(O)OOP(=O)(O)NSC1CC2CCC1C2.O=P(O)(O)OOP(=O)(O)NSC1CCCCC1.O=P(O)(O)OOP(=O)(O)NSCc1ccccc1. The van der Waals surface area contributed by atoms with Crippen molar-refractivity contribution in [2.75, 3.05) is 0 Å². The van der Waals surface area contributed by atoms with Gasteiger partial charge in [-0.05, 0) is 49.5 Å². The largest absolute Gasteiger partial charge is 0.497 e. The average molecular weight is 942 g/mol. The minimum atomic E-state index is -4.96. The van der Waals surface area contributed by atoms with Crippen LogP contribution in [0.1, 0.15) is 63.4 Å². The normalized spacial score (nSPS) is 24.1. The van der Waals surface area contributed by atoms with Gasteiger partial charge in [0, 0.05) is 16.3 Å². The van der Waals surface area contributed by atoms with Gasteiger partial charge in [0.05, 0.1) is 0 Å². The van der Waals surface area contributed by atoms with E-state index < -0.39 is 46.7 Å². The second-order valence-electron chi connectivity index (χ2n) is 11.2. The summed E-state index contributed by atoms with van der Waals surface area (Å²) in [6.07, 6.45) is 9.62. The molecular weight excluding hydrogens is 900 g/mol. The van der Waals surface area contributed by atoms with Gasteiger partial charge in [0.2, 0.25) is 0 Å². The fraction of sp³-hybridized carbons (Fsp3) is 0.700. The summed E-state index contributed by atoms with van der Waals surface area (Å²) in [7, 11) is -28.0. The molecule has 0 radical (unpaired) electrons. The molecule has 6 unspecified atom stereocenters. The molecule has 3 aliphatic carbocycles. The quantitative estimate of drug-likeness (QED) is 0.0383. The maximum absolute atomic E-state index is 11.4. The van der Waals surface area contributed by atoms with E-state index >= 15 is 0 Å². The van der Waals surface area contributed by atoms with Gasteiger partial charge in [-0.1, -0.05) is 91.9 Å². The standard InChI is InChI=1S/C7H15NO7P2S.C7H11NO7P2S.C6H15NO7P2S/c9-16(10,14-15-17(11,12)13)8-18-7-4-5-1-2-6(7)3-5;9-16(10,14-15-17(11,12)13)8-18-6-7-4-2-1-3-5-7;8-15(9,13-14-16(10,11)12)7-17-6-4-2-1-3-5-6/h5-7H,1-4H2,(H2,8,9,10)(H2,11,12,13);1-5H,6H2,(H2,8,9,10)(H2,11,12,13);6H,1-5H2,(H2,7,8,9)(H2,10,11,12). The number of phosphoric acid groups is 3. The summed E-state index contributed by atoms with van der Waals surface area (Å²) in [6.45, 7) is 0. The summed E-state index contributed by atoms with van der Waals surface area (Å²) >= 11 is 2.96. The zero-order valence-electron chi connectivity index (χ0n) is 27.1. The van der Waals surface area contributed by atoms with Crippen molar-refractivity contribution in [2.24, 2.45) is 11.8 Å². The topological polar surface area (TPSA) is 376 Å². The molecule has 53 heavy (non-hydrogen) atoms. The van der Waals surface area contributed by atoms with Gasteiger partial charge in [-0.3, -0.25) is 0 Å². The first-order valence-electron chi connectivity index (χ1n) is 14.9. The van der Waals surface area contributed by atoms with Crippen LogP contribution < -0.4 is 13.5 Å². The predicted molar refractivity (Wildman–Crippen MR) is 191 cm³/mol. The van der Waals surface area contributed by atoms with Gasteiger partial charge in [-0.15, -0.1) is 28.0 Å². The van der Waals surface area contributed by atoms with Crippen LogP contribution in [0.3, 0.4) is 0 Å². The molecule has 310 valence electrons. The van der Waals surface area contributed by atoms with Crippen molar-refractivity contribution >= 4 is 82.6 Å². The number of benzene rings is 1. The molecule has 33 heteroatoms. The molecule has 12 N–H and O–H groups in total. The zero-order valence-corrected chi connectivity index (χ0v) is 34.9. The second kappa shape index (κ2) is 22.9. The molecule has 24 nitrogen and oxygen atoms in total. The molecule has 1 aromatic carbocycles. The molecule has 0 spiro atoms. The Hall–Kier alpha value is 0.930. The van der Waals surface area contributed by atoms with Crippen LogP contribution in [0.25, 0.3) is 0 Å². The summed E-state index contributed by atoms with van der Waals surface area (Å²) in [6, 6.07) is 9.06. The Labute approximate surface area is 316 Å². The van der Waals surface area contributed by atoms with E-state index in [-0.39, 0.29) is 10.5 Å². The van der Waals surface area contributed by atoms with Crippen LogP contribution in [0.4, 0.5) is 0 Å². The molecule has 3 fully saturated rings. The van der Waals surface area contributed by atoms with E-state index in [4.69, 9.17) is 39.1 Å². The van der Waals surface area contributed by atoms with Crippen LogP contribution in [0.5, 0.6) is 0 Å². The lowest BCUT2D eigenvalue weighted by Gasteiger charge is -2.21. The number of rotatable bonds is 19. The summed E-state index contributed by atoms with van der Waals surface area (Å²) < 4.78 is 92.9. The van der Waals surface area contributed by atoms with Crippen molar-refractivity contribution in [1.29, 1.82) is 0 Å². The van der Waals surface area contributed by atoms with E-state index in [9.17, 15) is 32.3 Å².